The zero-order valence-electron chi connectivity index (χ0n) is 14.6. The fourth-order valence-corrected chi connectivity index (χ4v) is 3.03. The highest BCUT2D eigenvalue weighted by Gasteiger charge is 2.08. The minimum Gasteiger partial charge on any atom is -0.493 e. The molecule has 0 aliphatic rings. The zero-order valence-corrected chi connectivity index (χ0v) is 15.4. The van der Waals surface area contributed by atoms with Crippen LogP contribution in [0.25, 0.3) is 0 Å². The molecule has 0 amide bonds. The number of hydrogen-bond donors (Lipinski definition) is 2. The maximum atomic E-state index is 5.34. The van der Waals surface area contributed by atoms with E-state index in [4.69, 9.17) is 14.5 Å². The van der Waals surface area contributed by atoms with Crippen LogP contribution < -0.4 is 20.1 Å². The smallest absolute Gasteiger partial charge is 0.195 e. The molecule has 130 valence electrons. The molecule has 0 saturated heterocycles. The second-order valence-electron chi connectivity index (χ2n) is 5.33. The number of thiophene rings is 1. The van der Waals surface area contributed by atoms with Crippen LogP contribution in [0.15, 0.2) is 40.7 Å². The van der Waals surface area contributed by atoms with E-state index in [-0.39, 0.29) is 0 Å². The van der Waals surface area contributed by atoms with Crippen LogP contribution in [0.1, 0.15) is 24.6 Å². The van der Waals surface area contributed by atoms with E-state index < -0.39 is 0 Å². The Bertz CT molecular complexity index is 656. The van der Waals surface area contributed by atoms with Gasteiger partial charge >= 0.3 is 0 Å². The molecule has 0 aliphatic heterocycles. The predicted molar refractivity (Wildman–Crippen MR) is 102 cm³/mol. The van der Waals surface area contributed by atoms with Crippen molar-refractivity contribution in [2.75, 3.05) is 32.6 Å². The number of anilines is 1. The Hall–Kier alpha value is -2.21. The van der Waals surface area contributed by atoms with Gasteiger partial charge in [0, 0.05) is 29.1 Å². The average Bonchev–Trinajstić information content (AvgIpc) is 3.14. The normalized spacial score (nSPS) is 12.6. The van der Waals surface area contributed by atoms with Crippen molar-refractivity contribution >= 4 is 23.0 Å². The second kappa shape index (κ2) is 9.17. The molecular formula is C18H25N3O2S. The SMILES string of the molecule is CCNC(=NCC(C)c1cccs1)Nc1ccc(OC)c(OC)c1. The molecule has 0 radical (unpaired) electrons. The molecule has 1 aromatic heterocycles. The third kappa shape index (κ3) is 4.89. The van der Waals surface area contributed by atoms with Gasteiger partial charge in [-0.2, -0.15) is 0 Å². The quantitative estimate of drug-likeness (QED) is 0.588. The van der Waals surface area contributed by atoms with Crippen molar-refractivity contribution in [1.82, 2.24) is 5.32 Å². The van der Waals surface area contributed by atoms with Gasteiger partial charge in [-0.25, -0.2) is 0 Å². The number of aliphatic imine (C=N–C) groups is 1. The molecule has 1 unspecified atom stereocenters. The molecule has 1 heterocycles. The summed E-state index contributed by atoms with van der Waals surface area (Å²) in [6.07, 6.45) is 0. The third-order valence-corrected chi connectivity index (χ3v) is 4.65. The van der Waals surface area contributed by atoms with E-state index in [0.717, 1.165) is 24.7 Å². The van der Waals surface area contributed by atoms with Crippen LogP contribution in [-0.2, 0) is 0 Å². The molecule has 1 aromatic carbocycles. The minimum atomic E-state index is 0.394. The maximum absolute atomic E-state index is 5.34. The van der Waals surface area contributed by atoms with Gasteiger partial charge < -0.3 is 20.1 Å². The Balaban J connectivity index is 2.08. The number of nitrogens with one attached hydrogen (secondary N) is 2. The molecule has 0 spiro atoms. The Labute approximate surface area is 147 Å². The van der Waals surface area contributed by atoms with Crippen molar-refractivity contribution in [3.8, 4) is 11.5 Å². The van der Waals surface area contributed by atoms with Crippen LogP contribution in [0.2, 0.25) is 0 Å². The van der Waals surface area contributed by atoms with Crippen molar-refractivity contribution in [2.45, 2.75) is 19.8 Å². The molecule has 2 N–H and O–H groups in total. The highest BCUT2D eigenvalue weighted by molar-refractivity contribution is 7.10. The number of ether oxygens (including phenoxy) is 2. The van der Waals surface area contributed by atoms with Gasteiger partial charge in [0.1, 0.15) is 0 Å². The fourth-order valence-electron chi connectivity index (χ4n) is 2.25. The average molecular weight is 347 g/mol. The molecular weight excluding hydrogens is 322 g/mol. The number of hydrogen-bond acceptors (Lipinski definition) is 4. The summed E-state index contributed by atoms with van der Waals surface area (Å²) in [6.45, 7) is 5.76. The molecule has 6 heteroatoms. The van der Waals surface area contributed by atoms with Crippen molar-refractivity contribution in [3.63, 3.8) is 0 Å². The number of guanidine groups is 1. The van der Waals surface area contributed by atoms with Crippen LogP contribution in [0.4, 0.5) is 5.69 Å². The highest BCUT2D eigenvalue weighted by atomic mass is 32.1. The Kier molecular flexibility index (Phi) is 6.93. The first-order valence-corrected chi connectivity index (χ1v) is 8.86. The van der Waals surface area contributed by atoms with Gasteiger partial charge in [0.2, 0.25) is 0 Å². The van der Waals surface area contributed by atoms with E-state index in [1.807, 2.05) is 18.2 Å². The molecule has 0 saturated carbocycles. The van der Waals surface area contributed by atoms with E-state index in [1.165, 1.54) is 4.88 Å². The molecule has 2 rings (SSSR count). The van der Waals surface area contributed by atoms with E-state index in [9.17, 15) is 0 Å². The summed E-state index contributed by atoms with van der Waals surface area (Å²) in [4.78, 5) is 6.04. The third-order valence-electron chi connectivity index (χ3n) is 3.54. The molecule has 0 aliphatic carbocycles. The topological polar surface area (TPSA) is 54.9 Å². The highest BCUT2D eigenvalue weighted by Crippen LogP contribution is 2.29. The largest absolute Gasteiger partial charge is 0.493 e. The molecule has 0 fully saturated rings. The minimum absolute atomic E-state index is 0.394. The number of nitrogens with zero attached hydrogens (tertiary/aromatic N) is 1. The molecule has 2 aromatic rings. The molecule has 1 atom stereocenters. The van der Waals surface area contributed by atoms with E-state index in [1.54, 1.807) is 25.6 Å². The van der Waals surface area contributed by atoms with Crippen molar-refractivity contribution < 1.29 is 9.47 Å². The second-order valence-corrected chi connectivity index (χ2v) is 6.31. The van der Waals surface area contributed by atoms with Gasteiger partial charge in [0.05, 0.1) is 20.8 Å². The lowest BCUT2D eigenvalue weighted by Crippen LogP contribution is -2.31. The van der Waals surface area contributed by atoms with Crippen LogP contribution in [-0.4, -0.2) is 33.3 Å². The predicted octanol–water partition coefficient (Wildman–Crippen LogP) is 3.95. The van der Waals surface area contributed by atoms with Gasteiger partial charge in [-0.1, -0.05) is 13.0 Å². The van der Waals surface area contributed by atoms with Crippen LogP contribution in [0.3, 0.4) is 0 Å². The lowest BCUT2D eigenvalue weighted by molar-refractivity contribution is 0.355. The van der Waals surface area contributed by atoms with E-state index in [2.05, 4.69) is 42.0 Å². The van der Waals surface area contributed by atoms with Crippen molar-refractivity contribution in [3.05, 3.63) is 40.6 Å². The van der Waals surface area contributed by atoms with Gasteiger partial charge in [-0.05, 0) is 30.5 Å². The van der Waals surface area contributed by atoms with Gasteiger partial charge in [-0.3, -0.25) is 4.99 Å². The van der Waals surface area contributed by atoms with Gasteiger partial charge in [0.25, 0.3) is 0 Å². The number of benzene rings is 1. The Morgan fingerprint density at radius 1 is 1.21 bits per heavy atom. The number of rotatable bonds is 7. The maximum Gasteiger partial charge on any atom is 0.195 e. The number of methoxy groups -OCH3 is 2. The van der Waals surface area contributed by atoms with Crippen LogP contribution in [0, 0.1) is 0 Å². The summed E-state index contributed by atoms with van der Waals surface area (Å²) in [5, 5.41) is 8.68. The molecule has 0 bridgehead atoms. The summed E-state index contributed by atoms with van der Waals surface area (Å²) in [6, 6.07) is 9.94. The molecule has 24 heavy (non-hydrogen) atoms. The lowest BCUT2D eigenvalue weighted by Gasteiger charge is -2.14. The summed E-state index contributed by atoms with van der Waals surface area (Å²) in [5.74, 6) is 2.54. The zero-order chi connectivity index (χ0) is 17.4. The van der Waals surface area contributed by atoms with Crippen molar-refractivity contribution in [1.29, 1.82) is 0 Å². The lowest BCUT2D eigenvalue weighted by atomic mass is 10.1. The first kappa shape index (κ1) is 18.1. The first-order valence-electron chi connectivity index (χ1n) is 7.98. The summed E-state index contributed by atoms with van der Waals surface area (Å²) in [7, 11) is 3.26. The van der Waals surface area contributed by atoms with Crippen LogP contribution >= 0.6 is 11.3 Å². The summed E-state index contributed by atoms with van der Waals surface area (Å²) in [5.41, 5.74) is 0.899. The van der Waals surface area contributed by atoms with E-state index >= 15 is 0 Å². The summed E-state index contributed by atoms with van der Waals surface area (Å²) < 4.78 is 10.6. The van der Waals surface area contributed by atoms with E-state index in [0.29, 0.717) is 17.4 Å². The first-order chi connectivity index (χ1) is 11.7. The Morgan fingerprint density at radius 2 is 2.00 bits per heavy atom. The standard InChI is InChI=1S/C18H25N3O2S/c1-5-19-18(20-12-13(2)17-7-6-10-24-17)21-14-8-9-15(22-3)16(11-14)23-4/h6-11,13H,5,12H2,1-4H3,(H2,19,20,21). The fraction of sp³-hybridized carbons (Fsp3) is 0.389. The van der Waals surface area contributed by atoms with Crippen LogP contribution in [0.5, 0.6) is 11.5 Å². The van der Waals surface area contributed by atoms with Gasteiger partial charge in [-0.15, -0.1) is 11.3 Å². The monoisotopic (exact) mass is 347 g/mol. The van der Waals surface area contributed by atoms with Gasteiger partial charge in [0.15, 0.2) is 17.5 Å². The summed E-state index contributed by atoms with van der Waals surface area (Å²) >= 11 is 1.77. The molecule has 5 nitrogen and oxygen atoms in total. The van der Waals surface area contributed by atoms with Crippen molar-refractivity contribution in [2.24, 2.45) is 4.99 Å². The Morgan fingerprint density at radius 3 is 2.62 bits per heavy atom.